The third-order valence-corrected chi connectivity index (χ3v) is 8.11. The van der Waals surface area contributed by atoms with E-state index < -0.39 is 10.0 Å². The molecule has 0 saturated carbocycles. The first-order chi connectivity index (χ1) is 15.2. The maximum Gasteiger partial charge on any atom is 0.243 e. The number of carbonyl (C=O) groups is 1. The quantitative estimate of drug-likeness (QED) is 0.609. The number of benzene rings is 2. The molecule has 0 unspecified atom stereocenters. The SMILES string of the molecule is Cc1cccc(OCCCNC(=O)C2CCN(S(=O)(=O)c3c(C)cc(C)cc3C)CC2)c1. The molecule has 2 aromatic carbocycles. The maximum atomic E-state index is 13.2. The van der Waals surface area contributed by atoms with Gasteiger partial charge in [-0.25, -0.2) is 8.42 Å². The predicted octanol–water partition coefficient (Wildman–Crippen LogP) is 3.91. The zero-order chi connectivity index (χ0) is 23.3. The molecule has 1 N–H and O–H groups in total. The Kier molecular flexibility index (Phi) is 7.96. The topological polar surface area (TPSA) is 75.7 Å². The lowest BCUT2D eigenvalue weighted by atomic mass is 9.97. The van der Waals surface area contributed by atoms with Gasteiger partial charge in [0, 0.05) is 25.6 Å². The van der Waals surface area contributed by atoms with Crippen LogP contribution in [0.25, 0.3) is 0 Å². The highest BCUT2D eigenvalue weighted by Gasteiger charge is 2.33. The summed E-state index contributed by atoms with van der Waals surface area (Å²) >= 11 is 0. The van der Waals surface area contributed by atoms with Crippen molar-refractivity contribution in [3.63, 3.8) is 0 Å². The third-order valence-electron chi connectivity index (χ3n) is 5.91. The largest absolute Gasteiger partial charge is 0.494 e. The molecule has 1 aliphatic rings. The van der Waals surface area contributed by atoms with Crippen LogP contribution in [0.15, 0.2) is 41.3 Å². The van der Waals surface area contributed by atoms with Crippen LogP contribution in [0.4, 0.5) is 0 Å². The highest BCUT2D eigenvalue weighted by molar-refractivity contribution is 7.89. The van der Waals surface area contributed by atoms with Crippen LogP contribution in [-0.2, 0) is 14.8 Å². The van der Waals surface area contributed by atoms with Crippen LogP contribution in [0, 0.1) is 33.6 Å². The number of piperidine rings is 1. The van der Waals surface area contributed by atoms with Crippen LogP contribution in [-0.4, -0.2) is 44.9 Å². The van der Waals surface area contributed by atoms with E-state index in [-0.39, 0.29) is 11.8 Å². The van der Waals surface area contributed by atoms with E-state index in [9.17, 15) is 13.2 Å². The van der Waals surface area contributed by atoms with E-state index in [0.717, 1.165) is 34.4 Å². The molecule has 6 nitrogen and oxygen atoms in total. The molecule has 0 aliphatic carbocycles. The van der Waals surface area contributed by atoms with Crippen molar-refractivity contribution in [1.82, 2.24) is 9.62 Å². The molecule has 0 atom stereocenters. The Labute approximate surface area is 192 Å². The first-order valence-electron chi connectivity index (χ1n) is 11.2. The zero-order valence-electron chi connectivity index (χ0n) is 19.5. The summed E-state index contributed by atoms with van der Waals surface area (Å²) in [5.74, 6) is 0.684. The number of rotatable bonds is 8. The van der Waals surface area contributed by atoms with Gasteiger partial charge in [-0.05, 0) is 75.8 Å². The van der Waals surface area contributed by atoms with Gasteiger partial charge in [0.25, 0.3) is 0 Å². The van der Waals surface area contributed by atoms with Gasteiger partial charge in [-0.1, -0.05) is 29.8 Å². The average Bonchev–Trinajstić information content (AvgIpc) is 2.72. The van der Waals surface area contributed by atoms with Crippen LogP contribution < -0.4 is 10.1 Å². The second-order valence-corrected chi connectivity index (χ2v) is 10.6. The lowest BCUT2D eigenvalue weighted by Crippen LogP contribution is -2.43. The fraction of sp³-hybridized carbons (Fsp3) is 0.480. The van der Waals surface area contributed by atoms with Gasteiger partial charge in [-0.2, -0.15) is 4.31 Å². The molecular weight excluding hydrogens is 424 g/mol. The summed E-state index contributed by atoms with van der Waals surface area (Å²) in [7, 11) is -3.56. The molecule has 1 amide bonds. The molecule has 3 rings (SSSR count). The number of nitrogens with zero attached hydrogens (tertiary/aromatic N) is 1. The molecule has 7 heteroatoms. The molecule has 1 fully saturated rings. The standard InChI is InChI=1S/C25H34N2O4S/c1-18-7-5-8-23(17-18)31-14-6-11-26-25(28)22-9-12-27(13-10-22)32(29,30)24-20(3)15-19(2)16-21(24)4/h5,7-8,15-17,22H,6,9-14H2,1-4H3,(H,26,28). The first kappa shape index (κ1) is 24.3. The minimum absolute atomic E-state index is 0.000278. The summed E-state index contributed by atoms with van der Waals surface area (Å²) < 4.78 is 33.7. The van der Waals surface area contributed by atoms with E-state index in [1.165, 1.54) is 4.31 Å². The van der Waals surface area contributed by atoms with Gasteiger partial charge in [0.05, 0.1) is 11.5 Å². The van der Waals surface area contributed by atoms with Gasteiger partial charge >= 0.3 is 0 Å². The molecule has 1 heterocycles. The van der Waals surface area contributed by atoms with E-state index in [4.69, 9.17) is 4.74 Å². The number of carbonyl (C=O) groups excluding carboxylic acids is 1. The fourth-order valence-electron chi connectivity index (χ4n) is 4.38. The van der Waals surface area contributed by atoms with Crippen molar-refractivity contribution >= 4 is 15.9 Å². The lowest BCUT2D eigenvalue weighted by molar-refractivity contribution is -0.126. The average molecular weight is 459 g/mol. The number of nitrogens with one attached hydrogen (secondary N) is 1. The Morgan fingerprint density at radius 1 is 1.03 bits per heavy atom. The van der Waals surface area contributed by atoms with Crippen molar-refractivity contribution in [1.29, 1.82) is 0 Å². The third kappa shape index (κ3) is 5.90. The maximum absolute atomic E-state index is 13.2. The van der Waals surface area contributed by atoms with E-state index in [0.29, 0.717) is 44.0 Å². The molecular formula is C25H34N2O4S. The van der Waals surface area contributed by atoms with Gasteiger partial charge in [0.1, 0.15) is 5.75 Å². The van der Waals surface area contributed by atoms with Crippen molar-refractivity contribution in [3.05, 3.63) is 58.7 Å². The molecule has 0 spiro atoms. The summed E-state index contributed by atoms with van der Waals surface area (Å²) in [6, 6.07) is 11.7. The van der Waals surface area contributed by atoms with Gasteiger partial charge in [0.15, 0.2) is 0 Å². The van der Waals surface area contributed by atoms with Crippen LogP contribution in [0.1, 0.15) is 41.5 Å². The molecule has 0 bridgehead atoms. The van der Waals surface area contributed by atoms with Crippen LogP contribution in [0.3, 0.4) is 0 Å². The smallest absolute Gasteiger partial charge is 0.243 e. The number of hydrogen-bond acceptors (Lipinski definition) is 4. The molecule has 1 saturated heterocycles. The normalized spacial score (nSPS) is 15.5. The fourth-order valence-corrected chi connectivity index (χ4v) is 6.27. The summed E-state index contributed by atoms with van der Waals surface area (Å²) in [6.07, 6.45) is 1.79. The Bertz CT molecular complexity index is 1030. The van der Waals surface area contributed by atoms with Crippen molar-refractivity contribution in [2.75, 3.05) is 26.2 Å². The van der Waals surface area contributed by atoms with Gasteiger partial charge in [0.2, 0.25) is 15.9 Å². The molecule has 0 aromatic heterocycles. The Morgan fingerprint density at radius 2 is 1.69 bits per heavy atom. The zero-order valence-corrected chi connectivity index (χ0v) is 20.3. The minimum Gasteiger partial charge on any atom is -0.494 e. The number of sulfonamides is 1. The van der Waals surface area contributed by atoms with Crippen molar-refractivity contribution in [2.45, 2.75) is 51.9 Å². The van der Waals surface area contributed by atoms with E-state index in [1.807, 2.05) is 64.1 Å². The van der Waals surface area contributed by atoms with Gasteiger partial charge < -0.3 is 10.1 Å². The summed E-state index contributed by atoms with van der Waals surface area (Å²) in [4.78, 5) is 12.9. The van der Waals surface area contributed by atoms with Gasteiger partial charge in [-0.15, -0.1) is 0 Å². The minimum atomic E-state index is -3.56. The Hall–Kier alpha value is -2.38. The molecule has 32 heavy (non-hydrogen) atoms. The highest BCUT2D eigenvalue weighted by Crippen LogP contribution is 2.28. The number of ether oxygens (including phenoxy) is 1. The van der Waals surface area contributed by atoms with Crippen LogP contribution in [0.2, 0.25) is 0 Å². The van der Waals surface area contributed by atoms with Crippen LogP contribution in [0.5, 0.6) is 5.75 Å². The van der Waals surface area contributed by atoms with Crippen molar-refractivity contribution < 1.29 is 17.9 Å². The second kappa shape index (κ2) is 10.5. The first-order valence-corrected chi connectivity index (χ1v) is 12.7. The lowest BCUT2D eigenvalue weighted by Gasteiger charge is -2.31. The second-order valence-electron chi connectivity index (χ2n) is 8.72. The van der Waals surface area contributed by atoms with E-state index in [1.54, 1.807) is 0 Å². The summed E-state index contributed by atoms with van der Waals surface area (Å²) in [5, 5.41) is 2.97. The number of aryl methyl sites for hydroxylation is 4. The molecule has 174 valence electrons. The monoisotopic (exact) mass is 458 g/mol. The highest BCUT2D eigenvalue weighted by atomic mass is 32.2. The molecule has 1 aliphatic heterocycles. The summed E-state index contributed by atoms with van der Waals surface area (Å²) in [6.45, 7) is 9.49. The van der Waals surface area contributed by atoms with E-state index in [2.05, 4.69) is 5.32 Å². The predicted molar refractivity (Wildman–Crippen MR) is 126 cm³/mol. The van der Waals surface area contributed by atoms with Crippen LogP contribution >= 0.6 is 0 Å². The van der Waals surface area contributed by atoms with E-state index >= 15 is 0 Å². The van der Waals surface area contributed by atoms with Gasteiger partial charge in [-0.3, -0.25) is 4.79 Å². The Balaban J connectivity index is 1.45. The summed E-state index contributed by atoms with van der Waals surface area (Å²) in [5.41, 5.74) is 3.75. The number of hydrogen-bond donors (Lipinski definition) is 1. The van der Waals surface area contributed by atoms with Crippen molar-refractivity contribution in [2.24, 2.45) is 5.92 Å². The number of amides is 1. The molecule has 0 radical (unpaired) electrons. The Morgan fingerprint density at radius 3 is 2.31 bits per heavy atom. The molecule has 2 aromatic rings. The van der Waals surface area contributed by atoms with Crippen molar-refractivity contribution in [3.8, 4) is 5.75 Å².